The van der Waals surface area contributed by atoms with Gasteiger partial charge in [0, 0.05) is 0 Å². The van der Waals surface area contributed by atoms with Gasteiger partial charge in [-0.25, -0.2) is 9.28 Å². The van der Waals surface area contributed by atoms with Crippen molar-refractivity contribution in [3.8, 4) is 0 Å². The van der Waals surface area contributed by atoms with Gasteiger partial charge in [0.1, 0.15) is 19.1 Å². The highest BCUT2D eigenvalue weighted by Crippen LogP contribution is 2.28. The van der Waals surface area contributed by atoms with E-state index in [0.29, 0.717) is 26.2 Å². The Morgan fingerprint density at radius 1 is 1.11 bits per heavy atom. The van der Waals surface area contributed by atoms with E-state index in [1.807, 2.05) is 27.7 Å². The molecule has 0 atom stereocenters. The van der Waals surface area contributed by atoms with Crippen LogP contribution in [0.4, 0.5) is 4.79 Å². The van der Waals surface area contributed by atoms with Gasteiger partial charge in [0.15, 0.2) is 0 Å². The summed E-state index contributed by atoms with van der Waals surface area (Å²) in [6.45, 7) is 9.37. The van der Waals surface area contributed by atoms with Gasteiger partial charge >= 0.3 is 6.03 Å². The lowest BCUT2D eigenvalue weighted by Crippen LogP contribution is -2.59. The van der Waals surface area contributed by atoms with Gasteiger partial charge in [-0.3, -0.25) is 5.32 Å². The molecular formula is C13H23N2O3+. The molecule has 0 unspecified atom stereocenters. The lowest BCUT2D eigenvalue weighted by atomic mass is 9.89. The van der Waals surface area contributed by atoms with Gasteiger partial charge in [-0.1, -0.05) is 0 Å². The minimum absolute atomic E-state index is 0.0835. The molecule has 1 heterocycles. The monoisotopic (exact) mass is 255 g/mol. The zero-order valence-corrected chi connectivity index (χ0v) is 11.7. The molecule has 0 aromatic rings. The van der Waals surface area contributed by atoms with Crippen LogP contribution >= 0.6 is 0 Å². The van der Waals surface area contributed by atoms with Gasteiger partial charge in [-0.2, -0.15) is 0 Å². The van der Waals surface area contributed by atoms with E-state index in [1.165, 1.54) is 0 Å². The summed E-state index contributed by atoms with van der Waals surface area (Å²) in [6.07, 6.45) is 1.76. The standard InChI is InChI=1S/C13H22N2O3/c1-12(2,9-16)7-15(6-5-14-11(15)18)8-13(3,4)10-17/h9-10H,5-8H2,1-4H3/p+1. The maximum atomic E-state index is 12.1. The number of rotatable bonds is 6. The SMILES string of the molecule is CC(C)(C=O)C[N+]1(CC(C)(C)C=O)CCNC1=O. The molecule has 0 bridgehead atoms. The summed E-state index contributed by atoms with van der Waals surface area (Å²) in [5.74, 6) is 0. The van der Waals surface area contributed by atoms with E-state index >= 15 is 0 Å². The third kappa shape index (κ3) is 3.16. The second-order valence-electron chi connectivity index (χ2n) is 6.63. The minimum Gasteiger partial charge on any atom is -0.303 e. The quantitative estimate of drug-likeness (QED) is 0.568. The third-order valence-corrected chi connectivity index (χ3v) is 3.31. The molecule has 0 spiro atoms. The van der Waals surface area contributed by atoms with Crippen molar-refractivity contribution in [2.24, 2.45) is 10.8 Å². The molecular weight excluding hydrogens is 232 g/mol. The lowest BCUT2D eigenvalue weighted by molar-refractivity contribution is -0.851. The van der Waals surface area contributed by atoms with Crippen LogP contribution in [0.25, 0.3) is 0 Å². The van der Waals surface area contributed by atoms with Crippen molar-refractivity contribution < 1.29 is 18.9 Å². The predicted molar refractivity (Wildman–Crippen MR) is 68.0 cm³/mol. The molecule has 0 aromatic carbocycles. The Kier molecular flexibility index (Phi) is 3.96. The number of amides is 2. The molecule has 5 heteroatoms. The van der Waals surface area contributed by atoms with Crippen LogP contribution in [0.2, 0.25) is 0 Å². The molecule has 1 aliphatic rings. The van der Waals surface area contributed by atoms with Crippen molar-refractivity contribution in [1.29, 1.82) is 0 Å². The number of aldehydes is 2. The van der Waals surface area contributed by atoms with E-state index in [4.69, 9.17) is 0 Å². The zero-order chi connectivity index (χ0) is 14.0. The summed E-state index contributed by atoms with van der Waals surface area (Å²) in [5, 5.41) is 2.81. The van der Waals surface area contributed by atoms with Gasteiger partial charge in [-0.05, 0) is 27.7 Å². The van der Waals surface area contributed by atoms with Crippen molar-refractivity contribution in [3.05, 3.63) is 0 Å². The number of carbonyl (C=O) groups is 3. The van der Waals surface area contributed by atoms with Crippen molar-refractivity contribution in [1.82, 2.24) is 5.32 Å². The van der Waals surface area contributed by atoms with Crippen LogP contribution in [0, 0.1) is 10.8 Å². The van der Waals surface area contributed by atoms with Crippen LogP contribution in [-0.2, 0) is 9.59 Å². The number of hydrogen-bond donors (Lipinski definition) is 1. The summed E-state index contributed by atoms with van der Waals surface area (Å²) in [4.78, 5) is 34.3. The van der Waals surface area contributed by atoms with Gasteiger partial charge in [0.2, 0.25) is 0 Å². The Bertz CT molecular complexity index is 339. The van der Waals surface area contributed by atoms with E-state index in [9.17, 15) is 14.4 Å². The lowest BCUT2D eigenvalue weighted by Gasteiger charge is -2.38. The first-order valence-corrected chi connectivity index (χ1v) is 6.24. The summed E-state index contributed by atoms with van der Waals surface area (Å²) >= 11 is 0. The Morgan fingerprint density at radius 2 is 1.56 bits per heavy atom. The van der Waals surface area contributed by atoms with E-state index in [2.05, 4.69) is 5.32 Å². The van der Waals surface area contributed by atoms with Crippen LogP contribution in [0.1, 0.15) is 27.7 Å². The number of nitrogens with zero attached hydrogens (tertiary/aromatic N) is 1. The van der Waals surface area contributed by atoms with Crippen molar-refractivity contribution in [2.45, 2.75) is 27.7 Å². The van der Waals surface area contributed by atoms with Gasteiger partial charge in [0.25, 0.3) is 0 Å². The van der Waals surface area contributed by atoms with Gasteiger partial charge in [-0.15, -0.1) is 0 Å². The molecule has 0 radical (unpaired) electrons. The van der Waals surface area contributed by atoms with E-state index in [0.717, 1.165) is 12.6 Å². The first kappa shape index (κ1) is 14.8. The number of urea groups is 1. The maximum Gasteiger partial charge on any atom is 0.416 e. The van der Waals surface area contributed by atoms with E-state index in [1.54, 1.807) is 0 Å². The normalized spacial score (nSPS) is 19.4. The van der Waals surface area contributed by atoms with E-state index < -0.39 is 10.8 Å². The fourth-order valence-corrected chi connectivity index (χ4v) is 2.64. The molecule has 0 saturated carbocycles. The minimum atomic E-state index is -0.569. The molecule has 1 fully saturated rings. The van der Waals surface area contributed by atoms with Crippen molar-refractivity contribution >= 4 is 18.6 Å². The zero-order valence-electron chi connectivity index (χ0n) is 11.7. The Labute approximate surface area is 108 Å². The topological polar surface area (TPSA) is 63.2 Å². The average molecular weight is 255 g/mol. The van der Waals surface area contributed by atoms with Crippen LogP contribution in [0.15, 0.2) is 0 Å². The number of carbonyl (C=O) groups excluding carboxylic acids is 3. The van der Waals surface area contributed by atoms with Crippen LogP contribution in [0.5, 0.6) is 0 Å². The number of nitrogens with one attached hydrogen (secondary N) is 1. The van der Waals surface area contributed by atoms with Crippen LogP contribution in [0.3, 0.4) is 0 Å². The summed E-state index contributed by atoms with van der Waals surface area (Å²) < 4.78 is 0.164. The predicted octanol–water partition coefficient (Wildman–Crippen LogP) is 0.977. The Hall–Kier alpha value is -1.23. The highest BCUT2D eigenvalue weighted by molar-refractivity contribution is 5.70. The highest BCUT2D eigenvalue weighted by Gasteiger charge is 2.48. The number of quaternary nitrogens is 1. The van der Waals surface area contributed by atoms with Crippen molar-refractivity contribution in [3.63, 3.8) is 0 Å². The summed E-state index contributed by atoms with van der Waals surface area (Å²) in [7, 11) is 0. The Morgan fingerprint density at radius 3 is 1.83 bits per heavy atom. The summed E-state index contributed by atoms with van der Waals surface area (Å²) in [6, 6.07) is -0.0835. The highest BCUT2D eigenvalue weighted by atomic mass is 16.2. The Balaban J connectivity index is 3.01. The van der Waals surface area contributed by atoms with Crippen LogP contribution in [-0.4, -0.2) is 49.3 Å². The fourth-order valence-electron chi connectivity index (χ4n) is 2.64. The molecule has 5 nitrogen and oxygen atoms in total. The smallest absolute Gasteiger partial charge is 0.303 e. The molecule has 0 aliphatic carbocycles. The van der Waals surface area contributed by atoms with Crippen molar-refractivity contribution in [2.75, 3.05) is 26.2 Å². The molecule has 18 heavy (non-hydrogen) atoms. The second kappa shape index (κ2) is 4.80. The third-order valence-electron chi connectivity index (χ3n) is 3.31. The molecule has 1 saturated heterocycles. The molecule has 1 N–H and O–H groups in total. The van der Waals surface area contributed by atoms with Gasteiger partial charge < -0.3 is 9.59 Å². The summed E-state index contributed by atoms with van der Waals surface area (Å²) in [5.41, 5.74) is -1.14. The largest absolute Gasteiger partial charge is 0.416 e. The molecule has 2 amide bonds. The first-order valence-electron chi connectivity index (χ1n) is 6.24. The molecule has 1 rings (SSSR count). The molecule has 102 valence electrons. The van der Waals surface area contributed by atoms with Gasteiger partial charge in [0.05, 0.1) is 30.5 Å². The second-order valence-corrected chi connectivity index (χ2v) is 6.63. The molecule has 1 aliphatic heterocycles. The average Bonchev–Trinajstić information content (AvgIpc) is 2.59. The maximum absolute atomic E-state index is 12.1. The molecule has 0 aromatic heterocycles. The van der Waals surface area contributed by atoms with Crippen LogP contribution < -0.4 is 5.32 Å². The first-order chi connectivity index (χ1) is 8.16. The van der Waals surface area contributed by atoms with E-state index in [-0.39, 0.29) is 10.5 Å². The fraction of sp³-hybridized carbons (Fsp3) is 0.769. The number of hydrogen-bond acceptors (Lipinski definition) is 3.